The van der Waals surface area contributed by atoms with Crippen molar-refractivity contribution in [1.82, 2.24) is 29.6 Å². The fourth-order valence-corrected chi connectivity index (χ4v) is 2.50. The number of alkyl halides is 3. The van der Waals surface area contributed by atoms with Crippen molar-refractivity contribution in [3.05, 3.63) is 55.1 Å². The van der Waals surface area contributed by atoms with Crippen LogP contribution in [0.25, 0.3) is 5.69 Å². The average molecular weight is 379 g/mol. The third-order valence-electron chi connectivity index (χ3n) is 3.66. The Morgan fingerprint density at radius 3 is 2.70 bits per heavy atom. The van der Waals surface area contributed by atoms with Crippen LogP contribution in [0.15, 0.2) is 49.6 Å². The Kier molecular flexibility index (Phi) is 5.10. The van der Waals surface area contributed by atoms with E-state index < -0.39 is 17.8 Å². The Bertz CT molecular complexity index is 891. The normalized spacial score (nSPS) is 12.6. The quantitative estimate of drug-likeness (QED) is 0.713. The molecule has 0 aliphatic heterocycles. The highest BCUT2D eigenvalue weighted by Gasteiger charge is 2.34. The maximum Gasteiger partial charge on any atom is 0.418 e. The minimum Gasteiger partial charge on any atom is -0.335 e. The molecule has 11 heteroatoms. The van der Waals surface area contributed by atoms with Gasteiger partial charge in [0.05, 0.1) is 23.3 Å². The van der Waals surface area contributed by atoms with Gasteiger partial charge in [-0.25, -0.2) is 19.4 Å². The number of carbonyl (C=O) groups excluding carboxylic acids is 1. The number of imidazole rings is 1. The number of anilines is 1. The van der Waals surface area contributed by atoms with Crippen LogP contribution in [0.5, 0.6) is 0 Å². The molecule has 2 N–H and O–H groups in total. The second kappa shape index (κ2) is 7.48. The van der Waals surface area contributed by atoms with Crippen molar-refractivity contribution in [2.24, 2.45) is 0 Å². The lowest BCUT2D eigenvalue weighted by molar-refractivity contribution is -0.136. The van der Waals surface area contributed by atoms with Crippen molar-refractivity contribution in [2.45, 2.75) is 25.7 Å². The molecular formula is C16H16F3N7O. The van der Waals surface area contributed by atoms with Crippen molar-refractivity contribution in [3.8, 4) is 5.69 Å². The first-order chi connectivity index (χ1) is 12.8. The Labute approximate surface area is 152 Å². The standard InChI is InChI=1S/C16H16F3N7O/c1-11(7-25-5-4-20-9-25)23-15(27)24-14-3-2-12(26-10-21-8-22-26)6-13(14)16(17,18)19/h2-6,8-11H,7H2,1H3,(H2,23,24,27). The molecule has 8 nitrogen and oxygen atoms in total. The van der Waals surface area contributed by atoms with Crippen LogP contribution in [0.2, 0.25) is 0 Å². The molecule has 27 heavy (non-hydrogen) atoms. The van der Waals surface area contributed by atoms with Crippen molar-refractivity contribution >= 4 is 11.7 Å². The van der Waals surface area contributed by atoms with Crippen LogP contribution < -0.4 is 10.6 Å². The Morgan fingerprint density at radius 2 is 2.07 bits per heavy atom. The van der Waals surface area contributed by atoms with E-state index in [1.807, 2.05) is 0 Å². The Morgan fingerprint density at radius 1 is 1.26 bits per heavy atom. The van der Waals surface area contributed by atoms with Crippen LogP contribution in [0.3, 0.4) is 0 Å². The lowest BCUT2D eigenvalue weighted by Crippen LogP contribution is -2.38. The molecule has 0 radical (unpaired) electrons. The van der Waals surface area contributed by atoms with Gasteiger partial charge in [0.1, 0.15) is 12.7 Å². The van der Waals surface area contributed by atoms with Crippen molar-refractivity contribution < 1.29 is 18.0 Å². The number of halogens is 3. The van der Waals surface area contributed by atoms with E-state index in [9.17, 15) is 18.0 Å². The zero-order valence-electron chi connectivity index (χ0n) is 14.2. The topological polar surface area (TPSA) is 89.7 Å². The fraction of sp³-hybridized carbons (Fsp3) is 0.250. The molecule has 0 fully saturated rings. The lowest BCUT2D eigenvalue weighted by atomic mass is 10.1. The first kappa shape index (κ1) is 18.4. The Hall–Kier alpha value is -3.37. The van der Waals surface area contributed by atoms with Gasteiger partial charge in [-0.3, -0.25) is 0 Å². The summed E-state index contributed by atoms with van der Waals surface area (Å²) < 4.78 is 43.2. The number of urea groups is 1. The molecule has 0 bridgehead atoms. The summed E-state index contributed by atoms with van der Waals surface area (Å²) in [4.78, 5) is 19.7. The third-order valence-corrected chi connectivity index (χ3v) is 3.66. The maximum atomic E-state index is 13.4. The van der Waals surface area contributed by atoms with Gasteiger partial charge >= 0.3 is 12.2 Å². The number of aromatic nitrogens is 5. The van der Waals surface area contributed by atoms with Crippen LogP contribution in [0.4, 0.5) is 23.7 Å². The molecule has 2 heterocycles. The molecule has 1 atom stereocenters. The summed E-state index contributed by atoms with van der Waals surface area (Å²) in [7, 11) is 0. The van der Waals surface area contributed by atoms with Gasteiger partial charge in [0.15, 0.2) is 0 Å². The second-order valence-electron chi connectivity index (χ2n) is 5.83. The number of benzene rings is 1. The summed E-state index contributed by atoms with van der Waals surface area (Å²) in [6, 6.07) is 2.44. The molecule has 0 spiro atoms. The van der Waals surface area contributed by atoms with Gasteiger partial charge in [0.25, 0.3) is 0 Å². The summed E-state index contributed by atoms with van der Waals surface area (Å²) in [5, 5.41) is 8.66. The van der Waals surface area contributed by atoms with Gasteiger partial charge in [-0.15, -0.1) is 0 Å². The van der Waals surface area contributed by atoms with E-state index in [-0.39, 0.29) is 17.4 Å². The smallest absolute Gasteiger partial charge is 0.335 e. The molecule has 0 saturated carbocycles. The first-order valence-electron chi connectivity index (χ1n) is 7.92. The van der Waals surface area contributed by atoms with Crippen molar-refractivity contribution in [2.75, 3.05) is 5.32 Å². The van der Waals surface area contributed by atoms with Crippen LogP contribution in [-0.4, -0.2) is 36.4 Å². The van der Waals surface area contributed by atoms with Crippen molar-refractivity contribution in [1.29, 1.82) is 0 Å². The average Bonchev–Trinajstić information content (AvgIpc) is 3.27. The molecule has 2 aromatic heterocycles. The molecule has 1 unspecified atom stereocenters. The number of hydrogen-bond acceptors (Lipinski definition) is 4. The highest BCUT2D eigenvalue weighted by atomic mass is 19.4. The van der Waals surface area contributed by atoms with Crippen molar-refractivity contribution in [3.63, 3.8) is 0 Å². The van der Waals surface area contributed by atoms with Gasteiger partial charge < -0.3 is 15.2 Å². The first-order valence-corrected chi connectivity index (χ1v) is 7.92. The summed E-state index contributed by atoms with van der Waals surface area (Å²) >= 11 is 0. The highest BCUT2D eigenvalue weighted by Crippen LogP contribution is 2.36. The number of carbonyl (C=O) groups is 1. The SMILES string of the molecule is CC(Cn1ccnc1)NC(=O)Nc1ccc(-n2cncn2)cc1C(F)(F)F. The van der Waals surface area contributed by atoms with Gasteiger partial charge in [-0.1, -0.05) is 0 Å². The Balaban J connectivity index is 1.74. The monoisotopic (exact) mass is 379 g/mol. The number of rotatable bonds is 5. The molecule has 3 aromatic rings. The van der Waals surface area contributed by atoms with E-state index in [1.165, 1.54) is 29.5 Å². The highest BCUT2D eigenvalue weighted by molar-refractivity contribution is 5.90. The summed E-state index contributed by atoms with van der Waals surface area (Å²) in [6.45, 7) is 2.17. The number of nitrogens with zero attached hydrogens (tertiary/aromatic N) is 5. The maximum absolute atomic E-state index is 13.4. The predicted molar refractivity (Wildman–Crippen MR) is 90.2 cm³/mol. The van der Waals surface area contributed by atoms with E-state index in [4.69, 9.17) is 0 Å². The second-order valence-corrected chi connectivity index (χ2v) is 5.83. The minimum absolute atomic E-state index is 0.180. The zero-order chi connectivity index (χ0) is 19.4. The molecule has 2 amide bonds. The van der Waals surface area contributed by atoms with E-state index in [1.54, 1.807) is 30.2 Å². The van der Waals surface area contributed by atoms with Gasteiger partial charge in [0.2, 0.25) is 0 Å². The number of amides is 2. The van der Waals surface area contributed by atoms with Crippen LogP contribution >= 0.6 is 0 Å². The molecule has 3 rings (SSSR count). The molecule has 0 aliphatic carbocycles. The molecule has 0 saturated heterocycles. The molecule has 142 valence electrons. The number of nitrogens with one attached hydrogen (secondary N) is 2. The summed E-state index contributed by atoms with van der Waals surface area (Å²) in [5.74, 6) is 0. The van der Waals surface area contributed by atoms with E-state index in [0.717, 1.165) is 6.07 Å². The summed E-state index contributed by atoms with van der Waals surface area (Å²) in [6.07, 6.45) is 2.75. The van der Waals surface area contributed by atoms with E-state index >= 15 is 0 Å². The molecule has 0 aliphatic rings. The largest absolute Gasteiger partial charge is 0.418 e. The van der Waals surface area contributed by atoms with Gasteiger partial charge in [0, 0.05) is 25.0 Å². The van der Waals surface area contributed by atoms with Crippen LogP contribution in [-0.2, 0) is 12.7 Å². The number of hydrogen-bond donors (Lipinski definition) is 2. The fourth-order valence-electron chi connectivity index (χ4n) is 2.50. The lowest BCUT2D eigenvalue weighted by Gasteiger charge is -2.18. The summed E-state index contributed by atoms with van der Waals surface area (Å²) in [5.41, 5.74) is -1.15. The van der Waals surface area contributed by atoms with Gasteiger partial charge in [-0.05, 0) is 25.1 Å². The van der Waals surface area contributed by atoms with Crippen LogP contribution in [0.1, 0.15) is 12.5 Å². The predicted octanol–water partition coefficient (Wildman–Crippen LogP) is 2.69. The third kappa shape index (κ3) is 4.63. The van der Waals surface area contributed by atoms with E-state index in [0.29, 0.717) is 6.54 Å². The zero-order valence-corrected chi connectivity index (χ0v) is 14.2. The molecular weight excluding hydrogens is 363 g/mol. The molecule has 1 aromatic carbocycles. The minimum atomic E-state index is -4.65. The van der Waals surface area contributed by atoms with Gasteiger partial charge in [-0.2, -0.15) is 18.3 Å². The van der Waals surface area contributed by atoms with E-state index in [2.05, 4.69) is 25.7 Å². The van der Waals surface area contributed by atoms with Crippen LogP contribution in [0, 0.1) is 0 Å².